The molecule has 2 heterocycles. The van der Waals surface area contributed by atoms with Gasteiger partial charge in [0.05, 0.1) is 12.1 Å². The third kappa shape index (κ3) is 4.22. The summed E-state index contributed by atoms with van der Waals surface area (Å²) in [7, 11) is 0. The zero-order valence-corrected chi connectivity index (χ0v) is 16.3. The van der Waals surface area contributed by atoms with Crippen molar-refractivity contribution in [2.75, 3.05) is 37.6 Å². The SMILES string of the molecule is CCN(CC)Cc1cc(C(=O)N2CCN(c3ccccc3)C(=O)C2)c(C)o1. The first-order valence-electron chi connectivity index (χ1n) is 9.49. The highest BCUT2D eigenvalue weighted by atomic mass is 16.3. The summed E-state index contributed by atoms with van der Waals surface area (Å²) in [5.41, 5.74) is 1.42. The molecule has 1 saturated heterocycles. The molecule has 6 nitrogen and oxygen atoms in total. The molecule has 0 unspecified atom stereocenters. The maximum Gasteiger partial charge on any atom is 0.257 e. The molecule has 0 radical (unpaired) electrons. The van der Waals surface area contributed by atoms with Gasteiger partial charge in [-0.15, -0.1) is 0 Å². The number of benzene rings is 1. The fraction of sp³-hybridized carbons (Fsp3) is 0.429. The molecule has 1 aliphatic rings. The van der Waals surface area contributed by atoms with Crippen LogP contribution >= 0.6 is 0 Å². The Bertz CT molecular complexity index is 796. The monoisotopic (exact) mass is 369 g/mol. The smallest absolute Gasteiger partial charge is 0.257 e. The molecular weight excluding hydrogens is 342 g/mol. The number of rotatable bonds is 6. The number of amides is 2. The van der Waals surface area contributed by atoms with Crippen LogP contribution in [0.5, 0.6) is 0 Å². The normalized spacial score (nSPS) is 14.9. The number of hydrogen-bond donors (Lipinski definition) is 0. The van der Waals surface area contributed by atoms with Gasteiger partial charge in [0.25, 0.3) is 5.91 Å². The molecule has 0 N–H and O–H groups in total. The van der Waals surface area contributed by atoms with Crippen molar-refractivity contribution < 1.29 is 14.0 Å². The van der Waals surface area contributed by atoms with Gasteiger partial charge in [-0.05, 0) is 38.2 Å². The van der Waals surface area contributed by atoms with Crippen molar-refractivity contribution in [3.05, 3.63) is 53.5 Å². The first-order valence-corrected chi connectivity index (χ1v) is 9.49. The Morgan fingerprint density at radius 2 is 1.85 bits per heavy atom. The van der Waals surface area contributed by atoms with Gasteiger partial charge in [0.2, 0.25) is 5.91 Å². The van der Waals surface area contributed by atoms with E-state index in [1.165, 1.54) is 0 Å². The highest BCUT2D eigenvalue weighted by Gasteiger charge is 2.30. The minimum atomic E-state index is -0.136. The van der Waals surface area contributed by atoms with Crippen LogP contribution in [0.15, 0.2) is 40.8 Å². The van der Waals surface area contributed by atoms with Crippen LogP contribution in [0.4, 0.5) is 5.69 Å². The molecule has 1 aromatic carbocycles. The molecule has 0 aliphatic carbocycles. The van der Waals surface area contributed by atoms with Crippen molar-refractivity contribution in [3.63, 3.8) is 0 Å². The van der Waals surface area contributed by atoms with Gasteiger partial charge < -0.3 is 14.2 Å². The number of anilines is 1. The first-order chi connectivity index (χ1) is 13.0. The van der Waals surface area contributed by atoms with Crippen molar-refractivity contribution in [1.82, 2.24) is 9.80 Å². The van der Waals surface area contributed by atoms with E-state index in [0.29, 0.717) is 31.0 Å². The van der Waals surface area contributed by atoms with Crippen LogP contribution in [0.1, 0.15) is 35.7 Å². The minimum Gasteiger partial charge on any atom is -0.464 e. The molecule has 0 bridgehead atoms. The van der Waals surface area contributed by atoms with E-state index in [-0.39, 0.29) is 18.4 Å². The van der Waals surface area contributed by atoms with Crippen LogP contribution in [0, 0.1) is 6.92 Å². The maximum absolute atomic E-state index is 12.9. The number of aryl methyl sites for hydroxylation is 1. The summed E-state index contributed by atoms with van der Waals surface area (Å²) in [5, 5.41) is 0. The number of carbonyl (C=O) groups excluding carboxylic acids is 2. The summed E-state index contributed by atoms with van der Waals surface area (Å²) < 4.78 is 5.79. The van der Waals surface area contributed by atoms with Gasteiger partial charge in [-0.2, -0.15) is 0 Å². The number of furan rings is 1. The molecule has 6 heteroatoms. The molecular formula is C21H27N3O3. The van der Waals surface area contributed by atoms with Gasteiger partial charge in [0.15, 0.2) is 0 Å². The predicted molar refractivity (Wildman–Crippen MR) is 105 cm³/mol. The summed E-state index contributed by atoms with van der Waals surface area (Å²) in [6.07, 6.45) is 0. The second kappa shape index (κ2) is 8.39. The van der Waals surface area contributed by atoms with Gasteiger partial charge in [-0.3, -0.25) is 14.5 Å². The lowest BCUT2D eigenvalue weighted by molar-refractivity contribution is -0.120. The van der Waals surface area contributed by atoms with Crippen LogP contribution in [0.2, 0.25) is 0 Å². The van der Waals surface area contributed by atoms with Crippen LogP contribution in [0.25, 0.3) is 0 Å². The highest BCUT2D eigenvalue weighted by Crippen LogP contribution is 2.21. The van der Waals surface area contributed by atoms with Crippen molar-refractivity contribution in [2.24, 2.45) is 0 Å². The molecule has 1 fully saturated rings. The van der Waals surface area contributed by atoms with Crippen LogP contribution in [-0.2, 0) is 11.3 Å². The average Bonchev–Trinajstić information content (AvgIpc) is 3.06. The van der Waals surface area contributed by atoms with Crippen molar-refractivity contribution in [3.8, 4) is 0 Å². The molecule has 2 aromatic rings. The summed E-state index contributed by atoms with van der Waals surface area (Å²) >= 11 is 0. The van der Waals surface area contributed by atoms with E-state index in [1.807, 2.05) is 36.4 Å². The summed E-state index contributed by atoms with van der Waals surface area (Å²) in [4.78, 5) is 31.1. The van der Waals surface area contributed by atoms with Gasteiger partial charge in [0, 0.05) is 18.8 Å². The predicted octanol–water partition coefficient (Wildman–Crippen LogP) is 2.92. The Morgan fingerprint density at radius 1 is 1.15 bits per heavy atom. The molecule has 27 heavy (non-hydrogen) atoms. The van der Waals surface area contributed by atoms with Gasteiger partial charge in [0.1, 0.15) is 18.1 Å². The molecule has 144 valence electrons. The number of para-hydroxylation sites is 1. The zero-order valence-electron chi connectivity index (χ0n) is 16.3. The van der Waals surface area contributed by atoms with Crippen LogP contribution < -0.4 is 4.90 Å². The third-order valence-corrected chi connectivity index (χ3v) is 5.05. The Labute approximate surface area is 160 Å². The summed E-state index contributed by atoms with van der Waals surface area (Å²) in [6.45, 7) is 9.64. The number of piperazine rings is 1. The Kier molecular flexibility index (Phi) is 5.96. The van der Waals surface area contributed by atoms with E-state index in [0.717, 1.165) is 24.5 Å². The van der Waals surface area contributed by atoms with Crippen molar-refractivity contribution >= 4 is 17.5 Å². The topological polar surface area (TPSA) is 57.0 Å². The lowest BCUT2D eigenvalue weighted by Crippen LogP contribution is -2.52. The van der Waals surface area contributed by atoms with Crippen LogP contribution in [-0.4, -0.2) is 54.3 Å². The van der Waals surface area contributed by atoms with Gasteiger partial charge in [-0.25, -0.2) is 0 Å². The van der Waals surface area contributed by atoms with E-state index in [2.05, 4.69) is 18.7 Å². The lowest BCUT2D eigenvalue weighted by Gasteiger charge is -2.34. The second-order valence-electron chi connectivity index (χ2n) is 6.75. The minimum absolute atomic E-state index is 0.0645. The van der Waals surface area contributed by atoms with Crippen molar-refractivity contribution in [1.29, 1.82) is 0 Å². The maximum atomic E-state index is 12.9. The van der Waals surface area contributed by atoms with E-state index >= 15 is 0 Å². The average molecular weight is 369 g/mol. The zero-order chi connectivity index (χ0) is 19.4. The third-order valence-electron chi connectivity index (χ3n) is 5.05. The Hall–Kier alpha value is -2.60. The summed E-state index contributed by atoms with van der Waals surface area (Å²) in [5.74, 6) is 1.20. The molecule has 3 rings (SSSR count). The number of hydrogen-bond acceptors (Lipinski definition) is 4. The second-order valence-corrected chi connectivity index (χ2v) is 6.75. The largest absolute Gasteiger partial charge is 0.464 e. The van der Waals surface area contributed by atoms with Crippen LogP contribution in [0.3, 0.4) is 0 Å². The fourth-order valence-electron chi connectivity index (χ4n) is 3.40. The Balaban J connectivity index is 1.69. The molecule has 2 amide bonds. The Morgan fingerprint density at radius 3 is 2.48 bits per heavy atom. The molecule has 1 aromatic heterocycles. The van der Waals surface area contributed by atoms with E-state index in [9.17, 15) is 9.59 Å². The van der Waals surface area contributed by atoms with Gasteiger partial charge in [-0.1, -0.05) is 32.0 Å². The molecule has 1 aliphatic heterocycles. The molecule has 0 saturated carbocycles. The van der Waals surface area contributed by atoms with E-state index in [1.54, 1.807) is 16.7 Å². The first kappa shape index (κ1) is 19.2. The molecule has 0 spiro atoms. The molecule has 0 atom stereocenters. The number of carbonyl (C=O) groups is 2. The number of nitrogens with zero attached hydrogens (tertiary/aromatic N) is 3. The van der Waals surface area contributed by atoms with E-state index in [4.69, 9.17) is 4.42 Å². The summed E-state index contributed by atoms with van der Waals surface area (Å²) in [6, 6.07) is 11.4. The standard InChI is InChI=1S/C21H27N3O3/c1-4-22(5-2)14-18-13-19(16(3)27-18)21(26)23-11-12-24(20(25)15-23)17-9-7-6-8-10-17/h6-10,13H,4-5,11-12,14-15H2,1-3H3. The van der Waals surface area contributed by atoms with E-state index < -0.39 is 0 Å². The fourth-order valence-corrected chi connectivity index (χ4v) is 3.40. The van der Waals surface area contributed by atoms with Crippen molar-refractivity contribution in [2.45, 2.75) is 27.3 Å². The quantitative estimate of drug-likeness (QED) is 0.786. The lowest BCUT2D eigenvalue weighted by atomic mass is 10.1. The highest BCUT2D eigenvalue weighted by molar-refractivity contribution is 6.02. The van der Waals surface area contributed by atoms with Gasteiger partial charge >= 0.3 is 0 Å².